The number of amides is 2. The molecule has 3 aliphatic rings. The van der Waals surface area contributed by atoms with E-state index in [4.69, 9.17) is 25.9 Å². The molecule has 0 N–H and O–H groups in total. The lowest BCUT2D eigenvalue weighted by Crippen LogP contribution is -2.40. The Kier molecular flexibility index (Phi) is 3.80. The Hall–Kier alpha value is -3.06. The molecular formula is C20H15ClN2O5. The molecule has 1 atom stereocenters. The summed E-state index contributed by atoms with van der Waals surface area (Å²) in [7, 11) is 0. The largest absolute Gasteiger partial charge is 0.486 e. The summed E-state index contributed by atoms with van der Waals surface area (Å²) < 4.78 is 11.1. The molecule has 2 aromatic carbocycles. The van der Waals surface area contributed by atoms with Gasteiger partial charge in [-0.25, -0.2) is 4.90 Å². The highest BCUT2D eigenvalue weighted by Gasteiger charge is 2.58. The van der Waals surface area contributed by atoms with Crippen LogP contribution >= 0.6 is 11.6 Å². The van der Waals surface area contributed by atoms with Crippen molar-refractivity contribution < 1.29 is 23.9 Å². The van der Waals surface area contributed by atoms with Crippen LogP contribution in [-0.2, 0) is 14.4 Å². The molecular weight excluding hydrogens is 384 g/mol. The van der Waals surface area contributed by atoms with E-state index < -0.39 is 11.5 Å². The maximum atomic E-state index is 13.1. The minimum Gasteiger partial charge on any atom is -0.486 e. The molecule has 5 rings (SSSR count). The number of anilines is 1. The van der Waals surface area contributed by atoms with E-state index >= 15 is 0 Å². The molecule has 1 unspecified atom stereocenters. The first-order valence-electron chi connectivity index (χ1n) is 8.84. The second-order valence-electron chi connectivity index (χ2n) is 6.85. The number of nitrogens with zero attached hydrogens (tertiary/aromatic N) is 2. The van der Waals surface area contributed by atoms with Crippen LogP contribution in [0, 0.1) is 0 Å². The van der Waals surface area contributed by atoms with Crippen LogP contribution < -0.4 is 14.4 Å². The number of benzene rings is 2. The number of oxime groups is 1. The molecule has 0 aromatic heterocycles. The molecule has 0 radical (unpaired) electrons. The molecule has 2 aromatic rings. The van der Waals surface area contributed by atoms with E-state index in [9.17, 15) is 9.59 Å². The number of hydrogen-bond donors (Lipinski definition) is 0. The Balaban J connectivity index is 1.41. The molecule has 1 fully saturated rings. The van der Waals surface area contributed by atoms with Gasteiger partial charge in [0.05, 0.1) is 17.8 Å². The van der Waals surface area contributed by atoms with Gasteiger partial charge in [-0.2, -0.15) is 0 Å². The summed E-state index contributed by atoms with van der Waals surface area (Å²) in [6.45, 7) is 0.987. The van der Waals surface area contributed by atoms with Crippen molar-refractivity contribution in [2.24, 2.45) is 5.16 Å². The summed E-state index contributed by atoms with van der Waals surface area (Å²) in [5.74, 6) is 0.521. The average Bonchev–Trinajstić information content (AvgIpc) is 3.23. The maximum absolute atomic E-state index is 13.1. The van der Waals surface area contributed by atoms with Crippen molar-refractivity contribution in [1.82, 2.24) is 0 Å². The fraction of sp³-hybridized carbons (Fsp3) is 0.250. The van der Waals surface area contributed by atoms with Crippen molar-refractivity contribution >= 4 is 34.8 Å². The van der Waals surface area contributed by atoms with E-state index in [1.807, 2.05) is 12.1 Å². The van der Waals surface area contributed by atoms with E-state index in [0.717, 1.165) is 10.5 Å². The summed E-state index contributed by atoms with van der Waals surface area (Å²) in [6, 6.07) is 12.1. The van der Waals surface area contributed by atoms with Gasteiger partial charge in [0.1, 0.15) is 13.2 Å². The van der Waals surface area contributed by atoms with Gasteiger partial charge in [-0.05, 0) is 36.4 Å². The molecule has 3 aliphatic heterocycles. The zero-order valence-electron chi connectivity index (χ0n) is 14.7. The number of halogens is 1. The summed E-state index contributed by atoms with van der Waals surface area (Å²) in [4.78, 5) is 32.3. The fourth-order valence-electron chi connectivity index (χ4n) is 3.66. The van der Waals surface area contributed by atoms with Gasteiger partial charge in [0.25, 0.3) is 5.91 Å². The second-order valence-corrected chi connectivity index (χ2v) is 7.29. The van der Waals surface area contributed by atoms with E-state index in [1.54, 1.807) is 30.3 Å². The van der Waals surface area contributed by atoms with Gasteiger partial charge in [0.15, 0.2) is 11.5 Å². The van der Waals surface area contributed by atoms with Gasteiger partial charge in [0.2, 0.25) is 11.5 Å². The first kappa shape index (κ1) is 17.1. The van der Waals surface area contributed by atoms with Gasteiger partial charge in [-0.1, -0.05) is 22.8 Å². The molecule has 7 nitrogen and oxygen atoms in total. The first-order chi connectivity index (χ1) is 13.6. The normalized spacial score (nSPS) is 23.2. The third-order valence-electron chi connectivity index (χ3n) is 5.00. The first-order valence-corrected chi connectivity index (χ1v) is 9.22. The molecule has 142 valence electrons. The Morgan fingerprint density at radius 1 is 1.00 bits per heavy atom. The van der Waals surface area contributed by atoms with Crippen LogP contribution in [0.15, 0.2) is 47.6 Å². The Morgan fingerprint density at radius 2 is 1.82 bits per heavy atom. The van der Waals surface area contributed by atoms with Crippen molar-refractivity contribution in [2.45, 2.75) is 18.4 Å². The van der Waals surface area contributed by atoms with Gasteiger partial charge in [0, 0.05) is 17.0 Å². The lowest BCUT2D eigenvalue weighted by atomic mass is 9.92. The molecule has 0 aliphatic carbocycles. The number of hydrogen-bond acceptors (Lipinski definition) is 6. The van der Waals surface area contributed by atoms with E-state index in [2.05, 4.69) is 5.16 Å². The number of fused-ring (bicyclic) bond motifs is 1. The Morgan fingerprint density at radius 3 is 2.64 bits per heavy atom. The molecule has 0 saturated carbocycles. The summed E-state index contributed by atoms with van der Waals surface area (Å²) in [5, 5.41) is 4.56. The smallest absolute Gasteiger partial charge is 0.281 e. The Labute approximate surface area is 165 Å². The van der Waals surface area contributed by atoms with Crippen LogP contribution in [0.2, 0.25) is 5.02 Å². The highest BCUT2D eigenvalue weighted by atomic mass is 35.5. The summed E-state index contributed by atoms with van der Waals surface area (Å²) in [6.07, 6.45) is 0.129. The third kappa shape index (κ3) is 2.62. The molecule has 3 heterocycles. The number of rotatable bonds is 2. The van der Waals surface area contributed by atoms with Gasteiger partial charge < -0.3 is 14.3 Å². The van der Waals surface area contributed by atoms with Crippen LogP contribution in [0.5, 0.6) is 11.5 Å². The SMILES string of the molecule is O=C1CC2(CC(c3ccc4c(c3)OCCO4)=NO2)C(=O)N1c1cccc(Cl)c1. The van der Waals surface area contributed by atoms with E-state index in [0.29, 0.717) is 41.1 Å². The molecule has 1 saturated heterocycles. The van der Waals surface area contributed by atoms with Crippen molar-refractivity contribution in [1.29, 1.82) is 0 Å². The molecule has 28 heavy (non-hydrogen) atoms. The van der Waals surface area contributed by atoms with Gasteiger partial charge in [-0.3, -0.25) is 9.59 Å². The summed E-state index contributed by atoms with van der Waals surface area (Å²) >= 11 is 6.01. The predicted molar refractivity (Wildman–Crippen MR) is 101 cm³/mol. The van der Waals surface area contributed by atoms with Gasteiger partial charge in [-0.15, -0.1) is 0 Å². The highest BCUT2D eigenvalue weighted by Crippen LogP contribution is 2.40. The second kappa shape index (κ2) is 6.24. The Bertz CT molecular complexity index is 1040. The monoisotopic (exact) mass is 398 g/mol. The van der Waals surface area contributed by atoms with Crippen molar-refractivity contribution in [3.05, 3.63) is 53.1 Å². The lowest BCUT2D eigenvalue weighted by molar-refractivity contribution is -0.136. The number of ether oxygens (including phenoxy) is 2. The van der Waals surface area contributed by atoms with Crippen LogP contribution in [0.25, 0.3) is 0 Å². The quantitative estimate of drug-likeness (QED) is 0.727. The van der Waals surface area contributed by atoms with Gasteiger partial charge >= 0.3 is 0 Å². The molecule has 0 bridgehead atoms. The minimum absolute atomic E-state index is 0.0735. The summed E-state index contributed by atoms with van der Waals surface area (Å²) in [5.41, 5.74) is 0.464. The highest BCUT2D eigenvalue weighted by molar-refractivity contribution is 6.31. The molecule has 8 heteroatoms. The predicted octanol–water partition coefficient (Wildman–Crippen LogP) is 2.94. The zero-order chi connectivity index (χ0) is 19.3. The third-order valence-corrected chi connectivity index (χ3v) is 5.24. The van der Waals surface area contributed by atoms with E-state index in [-0.39, 0.29) is 18.7 Å². The number of carbonyl (C=O) groups is 2. The number of imide groups is 1. The lowest BCUT2D eigenvalue weighted by Gasteiger charge is -2.20. The van der Waals surface area contributed by atoms with Crippen molar-refractivity contribution in [2.75, 3.05) is 18.1 Å². The van der Waals surface area contributed by atoms with Crippen LogP contribution in [0.3, 0.4) is 0 Å². The molecule has 2 amide bonds. The molecule has 1 spiro atoms. The van der Waals surface area contributed by atoms with E-state index in [1.165, 1.54) is 0 Å². The zero-order valence-corrected chi connectivity index (χ0v) is 15.4. The fourth-order valence-corrected chi connectivity index (χ4v) is 3.84. The minimum atomic E-state index is -1.32. The standard InChI is InChI=1S/C20H15ClN2O5/c21-13-2-1-3-14(9-13)23-18(24)11-20(19(23)25)10-15(22-28-20)12-4-5-16-17(8-12)27-7-6-26-16/h1-5,8-9H,6-7,10-11H2. The maximum Gasteiger partial charge on any atom is 0.281 e. The number of carbonyl (C=O) groups excluding carboxylic acids is 2. The van der Waals surface area contributed by atoms with Crippen molar-refractivity contribution in [3.8, 4) is 11.5 Å². The van der Waals surface area contributed by atoms with Crippen LogP contribution in [0.1, 0.15) is 18.4 Å². The van der Waals surface area contributed by atoms with Crippen LogP contribution in [0.4, 0.5) is 5.69 Å². The topological polar surface area (TPSA) is 77.4 Å². The van der Waals surface area contributed by atoms with Crippen molar-refractivity contribution in [3.63, 3.8) is 0 Å². The van der Waals surface area contributed by atoms with Crippen LogP contribution in [-0.4, -0.2) is 36.3 Å². The average molecular weight is 399 g/mol.